The SMILES string of the molecule is Cc1ncsc1-c1ccc([C@H](C)NC(=O)[C@@H]2C[C@@H](O)CN2C(=O)[C@@H](NC(=O)COCCOCCOCCCCC(=O)N2CCN(c3ncnc4c(F)c(-c5cc(O)cc6ccccc56)c(Cl)cc34)CC2)C(C)(C)C)cc1. The monoisotopic (exact) mass is 1080 g/mol. The molecule has 2 aromatic heterocycles. The van der Waals surface area contributed by atoms with E-state index in [9.17, 15) is 29.4 Å². The fourth-order valence-corrected chi connectivity index (χ4v) is 10.9. The Morgan fingerprint density at radius 3 is 2.30 bits per heavy atom. The number of rotatable bonds is 21. The molecule has 2 fully saturated rings. The van der Waals surface area contributed by atoms with Crippen LogP contribution < -0.4 is 15.5 Å². The molecular weight excluding hydrogens is 1020 g/mol. The maximum absolute atomic E-state index is 16.3. The summed E-state index contributed by atoms with van der Waals surface area (Å²) in [7, 11) is 0. The van der Waals surface area contributed by atoms with Crippen molar-refractivity contribution in [3.8, 4) is 27.3 Å². The van der Waals surface area contributed by atoms with Crippen molar-refractivity contribution in [2.24, 2.45) is 5.41 Å². The number of aliphatic hydroxyl groups excluding tert-OH is 1. The first-order valence-corrected chi connectivity index (χ1v) is 26.9. The summed E-state index contributed by atoms with van der Waals surface area (Å²) >= 11 is 8.35. The van der Waals surface area contributed by atoms with Crippen molar-refractivity contribution < 1.29 is 48.0 Å². The maximum Gasteiger partial charge on any atom is 0.246 e. The van der Waals surface area contributed by atoms with Crippen molar-refractivity contribution in [2.75, 3.05) is 77.3 Å². The molecule has 17 nitrogen and oxygen atoms in total. The average Bonchev–Trinajstić information content (AvgIpc) is 4.03. The molecule has 2 aliphatic rings. The summed E-state index contributed by atoms with van der Waals surface area (Å²) in [5.41, 5.74) is 4.70. The molecule has 0 spiro atoms. The highest BCUT2D eigenvalue weighted by molar-refractivity contribution is 7.13. The van der Waals surface area contributed by atoms with Crippen LogP contribution >= 0.6 is 22.9 Å². The molecule has 4 aromatic carbocycles. The topological polar surface area (TPSA) is 209 Å². The molecule has 404 valence electrons. The second-order valence-electron chi connectivity index (χ2n) is 20.3. The van der Waals surface area contributed by atoms with E-state index in [-0.39, 0.29) is 72.5 Å². The third kappa shape index (κ3) is 13.4. The highest BCUT2D eigenvalue weighted by atomic mass is 35.5. The molecule has 0 aliphatic carbocycles. The molecule has 8 rings (SSSR count). The minimum Gasteiger partial charge on any atom is -0.508 e. The molecule has 4 N–H and O–H groups in total. The molecule has 0 bridgehead atoms. The number of ether oxygens (including phenoxy) is 3. The van der Waals surface area contributed by atoms with Gasteiger partial charge in [-0.15, -0.1) is 11.3 Å². The van der Waals surface area contributed by atoms with E-state index in [0.717, 1.165) is 32.5 Å². The van der Waals surface area contributed by atoms with Gasteiger partial charge in [0.2, 0.25) is 23.6 Å². The predicted molar refractivity (Wildman–Crippen MR) is 291 cm³/mol. The van der Waals surface area contributed by atoms with Crippen molar-refractivity contribution in [1.29, 1.82) is 0 Å². The van der Waals surface area contributed by atoms with E-state index in [1.165, 1.54) is 17.3 Å². The van der Waals surface area contributed by atoms with Gasteiger partial charge in [-0.25, -0.2) is 19.3 Å². The first-order valence-electron chi connectivity index (χ1n) is 25.7. The molecule has 2 saturated heterocycles. The van der Waals surface area contributed by atoms with Crippen LogP contribution in [0.3, 0.4) is 0 Å². The number of hydrogen-bond donors (Lipinski definition) is 4. The molecule has 2 aliphatic heterocycles. The number of aromatic hydroxyl groups is 1. The Hall–Kier alpha value is -6.35. The quantitative estimate of drug-likeness (QED) is 0.0512. The molecule has 0 saturated carbocycles. The number of aliphatic hydroxyl groups is 1. The Morgan fingerprint density at radius 2 is 1.59 bits per heavy atom. The number of β-amino-alcohol motifs (C(OH)–C–C–N with tert-alkyl or cyclic N) is 1. The number of amides is 4. The molecule has 4 atom stereocenters. The third-order valence-electron chi connectivity index (χ3n) is 13.8. The summed E-state index contributed by atoms with van der Waals surface area (Å²) in [6.45, 7) is 12.4. The van der Waals surface area contributed by atoms with Gasteiger partial charge in [-0.2, -0.15) is 0 Å². The number of carbonyl (C=O) groups excluding carboxylic acids is 4. The molecule has 4 amide bonds. The Morgan fingerprint density at radius 1 is 0.882 bits per heavy atom. The van der Waals surface area contributed by atoms with Gasteiger partial charge in [0.25, 0.3) is 0 Å². The van der Waals surface area contributed by atoms with E-state index in [2.05, 4.69) is 25.6 Å². The lowest BCUT2D eigenvalue weighted by Gasteiger charge is -2.36. The zero-order valence-corrected chi connectivity index (χ0v) is 45.1. The summed E-state index contributed by atoms with van der Waals surface area (Å²) < 4.78 is 33.2. The van der Waals surface area contributed by atoms with Crippen molar-refractivity contribution in [1.82, 2.24) is 35.4 Å². The molecule has 0 unspecified atom stereocenters. The van der Waals surface area contributed by atoms with E-state index < -0.39 is 41.2 Å². The Balaban J connectivity index is 0.693. The maximum atomic E-state index is 16.3. The number of anilines is 1. The minimum atomic E-state index is -0.990. The number of carbonyl (C=O) groups is 4. The lowest BCUT2D eigenvalue weighted by Crippen LogP contribution is -2.58. The van der Waals surface area contributed by atoms with Gasteiger partial charge in [0.05, 0.1) is 59.7 Å². The fourth-order valence-electron chi connectivity index (χ4n) is 9.75. The number of likely N-dealkylation sites (tertiary alicyclic amines) is 1. The number of fused-ring (bicyclic) bond motifs is 2. The number of nitrogens with one attached hydrogen (secondary N) is 2. The van der Waals surface area contributed by atoms with E-state index in [1.54, 1.807) is 23.5 Å². The number of unbranched alkanes of at least 4 members (excludes halogenated alkanes) is 1. The van der Waals surface area contributed by atoms with E-state index in [1.807, 2.05) is 98.5 Å². The Kier molecular flexibility index (Phi) is 18.5. The second-order valence-corrected chi connectivity index (χ2v) is 21.6. The van der Waals surface area contributed by atoms with Crippen molar-refractivity contribution in [3.63, 3.8) is 0 Å². The largest absolute Gasteiger partial charge is 0.508 e. The number of piperazine rings is 1. The van der Waals surface area contributed by atoms with Crippen LogP contribution in [0.4, 0.5) is 10.2 Å². The fraction of sp³-hybridized carbons (Fsp3) is 0.446. The van der Waals surface area contributed by atoms with Gasteiger partial charge in [-0.1, -0.05) is 80.9 Å². The number of nitrogens with zero attached hydrogens (tertiary/aromatic N) is 6. The standard InChI is InChI=1S/C56H66ClFN8O9S/c1-34(36-13-15-37(16-14-36)51-35(2)61-33-76-51)62-54(71)45-28-40(68)30-66(45)55(72)52(56(3,4)5)63-46(69)31-75-25-24-74-23-22-73-21-9-8-12-47(70)64-17-19-65(20-18-64)53-43-29-44(57)48(49(58)50(43)59-32-60-53)42-27-39(67)26-38-10-6-7-11-41(38)42/h6-7,10-11,13-16,26-27,29,32-34,40,45,52,67-68H,8-9,12,17-25,28,30-31H2,1-5H3,(H,62,71)(H,63,69)/t34-,40+,45-,52+/m0/s1. The Labute approximate surface area is 450 Å². The zero-order valence-electron chi connectivity index (χ0n) is 43.5. The van der Waals surface area contributed by atoms with Gasteiger partial charge >= 0.3 is 0 Å². The van der Waals surface area contributed by atoms with Gasteiger partial charge in [0, 0.05) is 63.1 Å². The number of hydrogen-bond acceptors (Lipinski definition) is 14. The number of phenolic OH excluding ortho intramolecular Hbond substituents is 1. The zero-order chi connectivity index (χ0) is 54.1. The van der Waals surface area contributed by atoms with Crippen molar-refractivity contribution >= 4 is 74.1 Å². The highest BCUT2D eigenvalue weighted by Gasteiger charge is 2.45. The molecule has 20 heteroatoms. The van der Waals surface area contributed by atoms with Gasteiger partial charge in [0.1, 0.15) is 42.1 Å². The van der Waals surface area contributed by atoms with Gasteiger partial charge in [-0.3, -0.25) is 19.2 Å². The predicted octanol–water partition coefficient (Wildman–Crippen LogP) is 7.62. The van der Waals surface area contributed by atoms with Crippen molar-refractivity contribution in [3.05, 3.63) is 101 Å². The first kappa shape index (κ1) is 55.9. The number of benzene rings is 4. The van der Waals surface area contributed by atoms with E-state index in [0.29, 0.717) is 82.0 Å². The van der Waals surface area contributed by atoms with Crippen LogP contribution in [0.2, 0.25) is 5.02 Å². The van der Waals surface area contributed by atoms with Gasteiger partial charge < -0.3 is 49.8 Å². The number of aromatic nitrogens is 3. The van der Waals surface area contributed by atoms with Crippen LogP contribution in [0.5, 0.6) is 5.75 Å². The molecule has 6 aromatic rings. The molecule has 4 heterocycles. The summed E-state index contributed by atoms with van der Waals surface area (Å²) in [6.07, 6.45) is 2.24. The normalized spacial score (nSPS) is 16.8. The second kappa shape index (κ2) is 25.2. The van der Waals surface area contributed by atoms with Gasteiger partial charge in [-0.05, 0) is 77.8 Å². The first-order chi connectivity index (χ1) is 36.5. The van der Waals surface area contributed by atoms with Crippen LogP contribution in [0.1, 0.15) is 70.7 Å². The van der Waals surface area contributed by atoms with E-state index in [4.69, 9.17) is 25.8 Å². The van der Waals surface area contributed by atoms with Gasteiger partial charge in [0.15, 0.2) is 5.82 Å². The number of thiazole rings is 1. The van der Waals surface area contributed by atoms with Crippen molar-refractivity contribution in [2.45, 2.75) is 84.5 Å². The summed E-state index contributed by atoms with van der Waals surface area (Å²) in [5, 5.41) is 29.0. The number of phenols is 1. The third-order valence-corrected chi connectivity index (χ3v) is 15.1. The van der Waals surface area contributed by atoms with E-state index >= 15 is 4.39 Å². The molecular formula is C56H66ClFN8O9S. The molecule has 76 heavy (non-hydrogen) atoms. The molecule has 0 radical (unpaired) electrons. The number of aryl methyl sites for hydroxylation is 1. The summed E-state index contributed by atoms with van der Waals surface area (Å²) in [4.78, 5) is 73.3. The van der Waals surface area contributed by atoms with Crippen LogP contribution in [0, 0.1) is 18.2 Å². The lowest BCUT2D eigenvalue weighted by molar-refractivity contribution is -0.144. The van der Waals surface area contributed by atoms with Crippen LogP contribution in [0.25, 0.3) is 43.2 Å². The van der Waals surface area contributed by atoms with Crippen LogP contribution in [0.15, 0.2) is 78.6 Å². The highest BCUT2D eigenvalue weighted by Crippen LogP contribution is 2.42. The lowest BCUT2D eigenvalue weighted by atomic mass is 9.85. The number of halogens is 2. The van der Waals surface area contributed by atoms with Crippen LogP contribution in [-0.2, 0) is 33.4 Å². The van der Waals surface area contributed by atoms with Crippen LogP contribution in [-0.4, -0.2) is 149 Å². The minimum absolute atomic E-state index is 0.00385. The smallest absolute Gasteiger partial charge is 0.246 e. The summed E-state index contributed by atoms with van der Waals surface area (Å²) in [6, 6.07) is 17.8. The average molecular weight is 1080 g/mol. The Bertz CT molecular complexity index is 3020. The summed E-state index contributed by atoms with van der Waals surface area (Å²) in [5.74, 6) is -1.37.